The first kappa shape index (κ1) is 40.6. The highest BCUT2D eigenvalue weighted by molar-refractivity contribution is 5.95. The molecular weight excluding hydrogens is 660 g/mol. The summed E-state index contributed by atoms with van der Waals surface area (Å²) in [5, 5.41) is 0. The molecule has 0 aliphatic rings. The van der Waals surface area contributed by atoms with Crippen LogP contribution >= 0.6 is 0 Å². The zero-order valence-corrected chi connectivity index (χ0v) is 28.5. The molecule has 0 saturated carbocycles. The first-order chi connectivity index (χ1) is 24.3. The Morgan fingerprint density at radius 1 is 0.549 bits per heavy atom. The number of hydrogen-bond acceptors (Lipinski definition) is 12. The van der Waals surface area contributed by atoms with Gasteiger partial charge < -0.3 is 28.4 Å². The highest BCUT2D eigenvalue weighted by Gasteiger charge is 2.11. The van der Waals surface area contributed by atoms with Crippen LogP contribution in [0.15, 0.2) is 121 Å². The Kier molecular flexibility index (Phi) is 17.1. The Morgan fingerprint density at radius 3 is 1.33 bits per heavy atom. The molecule has 0 N–H and O–H groups in total. The van der Waals surface area contributed by atoms with E-state index in [0.717, 1.165) is 0 Å². The maximum atomic E-state index is 12.7. The second kappa shape index (κ2) is 21.4. The summed E-state index contributed by atoms with van der Waals surface area (Å²) in [4.78, 5) is 71.6. The molecule has 12 heteroatoms. The van der Waals surface area contributed by atoms with Gasteiger partial charge in [-0.2, -0.15) is 0 Å². The molecule has 0 bridgehead atoms. The molecule has 2 rings (SSSR count). The van der Waals surface area contributed by atoms with Crippen LogP contribution < -0.4 is 9.47 Å². The van der Waals surface area contributed by atoms with Gasteiger partial charge in [-0.15, -0.1) is 0 Å². The largest absolute Gasteiger partial charge is 0.459 e. The van der Waals surface area contributed by atoms with E-state index in [1.165, 1.54) is 87.6 Å². The maximum Gasteiger partial charge on any atom is 0.343 e. The smallest absolute Gasteiger partial charge is 0.343 e. The zero-order valence-electron chi connectivity index (χ0n) is 28.5. The summed E-state index contributed by atoms with van der Waals surface area (Å²) >= 11 is 0. The SMILES string of the molecule is C=C/C(=C\C=C(/C)C(=O)Oc1ccc(/C=C/C(=O)OCCOC(=O)C(=C)C)cc1)C(=O)Oc1ccc(/C=C/C(=O)OCCOC(=O)C(=C)C)cc1. The number of rotatable bonds is 18. The number of benzene rings is 2. The van der Waals surface area contributed by atoms with E-state index in [-0.39, 0.29) is 60.2 Å². The number of esters is 6. The Balaban J connectivity index is 1.85. The number of ether oxygens (including phenoxy) is 6. The van der Waals surface area contributed by atoms with Crippen LogP contribution in [-0.2, 0) is 47.7 Å². The van der Waals surface area contributed by atoms with Crippen molar-refractivity contribution in [2.45, 2.75) is 20.8 Å². The standard InChI is InChI=1S/C39H38O12/c1-7-31(39(45)51-33-18-11-30(12-19-33)14-21-35(41)47-23-25-49-37(43)27(4)5)15-8-28(6)38(44)50-32-16-9-29(10-17-32)13-20-34(40)46-22-24-48-36(42)26(2)3/h7-21H,1-2,4,22-25H2,3,5-6H3/b20-13+,21-14+,28-8+,31-15+. The van der Waals surface area contributed by atoms with Gasteiger partial charge in [-0.05, 0) is 74.4 Å². The Bertz CT molecular complexity index is 1750. The van der Waals surface area contributed by atoms with E-state index in [4.69, 9.17) is 28.4 Å². The molecule has 0 atom stereocenters. The molecule has 0 aliphatic heterocycles. The van der Waals surface area contributed by atoms with Gasteiger partial charge >= 0.3 is 35.8 Å². The molecule has 266 valence electrons. The van der Waals surface area contributed by atoms with Crippen LogP contribution in [0.4, 0.5) is 0 Å². The van der Waals surface area contributed by atoms with Gasteiger partial charge in [0.15, 0.2) is 0 Å². The van der Waals surface area contributed by atoms with Crippen molar-refractivity contribution < 1.29 is 57.2 Å². The van der Waals surface area contributed by atoms with Crippen LogP contribution in [0.3, 0.4) is 0 Å². The fourth-order valence-electron chi connectivity index (χ4n) is 3.37. The molecule has 0 aliphatic carbocycles. The van der Waals surface area contributed by atoms with Gasteiger partial charge in [0.05, 0.1) is 5.57 Å². The van der Waals surface area contributed by atoms with Crippen molar-refractivity contribution in [3.05, 3.63) is 132 Å². The lowest BCUT2D eigenvalue weighted by molar-refractivity contribution is -0.146. The number of allylic oxidation sites excluding steroid dienone is 2. The van der Waals surface area contributed by atoms with Crippen molar-refractivity contribution in [3.8, 4) is 11.5 Å². The van der Waals surface area contributed by atoms with Gasteiger partial charge in [-0.3, -0.25) is 0 Å². The Hall–Kier alpha value is -6.56. The molecule has 0 unspecified atom stereocenters. The van der Waals surface area contributed by atoms with Gasteiger partial charge in [0, 0.05) is 28.9 Å². The summed E-state index contributed by atoms with van der Waals surface area (Å²) in [5.74, 6) is -3.32. The lowest BCUT2D eigenvalue weighted by atomic mass is 10.2. The maximum absolute atomic E-state index is 12.7. The van der Waals surface area contributed by atoms with Crippen LogP contribution in [0.1, 0.15) is 31.9 Å². The third-order valence-electron chi connectivity index (χ3n) is 6.11. The van der Waals surface area contributed by atoms with Crippen LogP contribution in [0, 0.1) is 0 Å². The van der Waals surface area contributed by atoms with Crippen LogP contribution in [0.2, 0.25) is 0 Å². The predicted molar refractivity (Wildman–Crippen MR) is 188 cm³/mol. The first-order valence-electron chi connectivity index (χ1n) is 15.3. The lowest BCUT2D eigenvalue weighted by Crippen LogP contribution is -2.13. The second-order valence-electron chi connectivity index (χ2n) is 10.4. The summed E-state index contributed by atoms with van der Waals surface area (Å²) in [6.07, 6.45) is 9.44. The molecule has 0 aromatic heterocycles. The van der Waals surface area contributed by atoms with E-state index in [1.807, 2.05) is 0 Å². The molecule has 0 amide bonds. The highest BCUT2D eigenvalue weighted by Crippen LogP contribution is 2.17. The van der Waals surface area contributed by atoms with E-state index >= 15 is 0 Å². The Labute approximate surface area is 295 Å². The van der Waals surface area contributed by atoms with E-state index in [0.29, 0.717) is 11.1 Å². The molecule has 0 heterocycles. The van der Waals surface area contributed by atoms with Crippen LogP contribution in [0.25, 0.3) is 12.2 Å². The normalized spacial score (nSPS) is 11.4. The average Bonchev–Trinajstić information content (AvgIpc) is 3.11. The van der Waals surface area contributed by atoms with Gasteiger partial charge in [-0.25, -0.2) is 28.8 Å². The number of hydrogen-bond donors (Lipinski definition) is 0. The third-order valence-corrected chi connectivity index (χ3v) is 6.11. The zero-order chi connectivity index (χ0) is 37.8. The summed E-state index contributed by atoms with van der Waals surface area (Å²) in [6.45, 7) is 14.7. The summed E-state index contributed by atoms with van der Waals surface area (Å²) in [7, 11) is 0. The second-order valence-corrected chi connectivity index (χ2v) is 10.4. The minimum atomic E-state index is -0.722. The van der Waals surface area contributed by atoms with E-state index in [1.54, 1.807) is 24.3 Å². The molecule has 0 fully saturated rings. The summed E-state index contributed by atoms with van der Waals surface area (Å²) in [6, 6.07) is 12.6. The molecular formula is C39H38O12. The molecule has 0 radical (unpaired) electrons. The molecule has 0 saturated heterocycles. The minimum absolute atomic E-state index is 0.0744. The molecule has 2 aromatic rings. The van der Waals surface area contributed by atoms with Gasteiger partial charge in [0.25, 0.3) is 0 Å². The fourth-order valence-corrected chi connectivity index (χ4v) is 3.37. The quantitative estimate of drug-likeness (QED) is 0.0474. The molecule has 2 aromatic carbocycles. The van der Waals surface area contributed by atoms with Crippen molar-refractivity contribution in [2.75, 3.05) is 26.4 Å². The highest BCUT2D eigenvalue weighted by atomic mass is 16.6. The van der Waals surface area contributed by atoms with Crippen molar-refractivity contribution in [1.29, 1.82) is 0 Å². The van der Waals surface area contributed by atoms with Crippen LogP contribution in [0.5, 0.6) is 11.5 Å². The van der Waals surface area contributed by atoms with Crippen molar-refractivity contribution in [3.63, 3.8) is 0 Å². The molecule has 0 spiro atoms. The van der Waals surface area contributed by atoms with E-state index in [2.05, 4.69) is 19.7 Å². The van der Waals surface area contributed by atoms with Crippen LogP contribution in [-0.4, -0.2) is 62.2 Å². The lowest BCUT2D eigenvalue weighted by Gasteiger charge is -2.06. The third kappa shape index (κ3) is 15.9. The summed E-state index contributed by atoms with van der Waals surface area (Å²) < 4.78 is 30.3. The monoisotopic (exact) mass is 698 g/mol. The van der Waals surface area contributed by atoms with Crippen molar-refractivity contribution in [1.82, 2.24) is 0 Å². The predicted octanol–water partition coefficient (Wildman–Crippen LogP) is 5.61. The average molecular weight is 699 g/mol. The minimum Gasteiger partial charge on any atom is -0.459 e. The first-order valence-corrected chi connectivity index (χ1v) is 15.3. The van der Waals surface area contributed by atoms with E-state index < -0.39 is 35.8 Å². The molecule has 12 nitrogen and oxygen atoms in total. The Morgan fingerprint density at radius 2 is 0.941 bits per heavy atom. The number of carbonyl (C=O) groups is 6. The van der Waals surface area contributed by atoms with Gasteiger partial charge in [-0.1, -0.05) is 56.2 Å². The van der Waals surface area contributed by atoms with Crippen molar-refractivity contribution in [2.24, 2.45) is 0 Å². The van der Waals surface area contributed by atoms with Crippen molar-refractivity contribution >= 4 is 48.0 Å². The van der Waals surface area contributed by atoms with E-state index in [9.17, 15) is 28.8 Å². The van der Waals surface area contributed by atoms with Gasteiger partial charge in [0.1, 0.15) is 37.9 Å². The molecule has 51 heavy (non-hydrogen) atoms. The summed E-state index contributed by atoms with van der Waals surface area (Å²) in [5.41, 5.74) is 2.00. The topological polar surface area (TPSA) is 158 Å². The fraction of sp³-hybridized carbons (Fsp3) is 0.179. The van der Waals surface area contributed by atoms with Gasteiger partial charge in [0.2, 0.25) is 0 Å². The number of carbonyl (C=O) groups excluding carboxylic acids is 6.